The van der Waals surface area contributed by atoms with Crippen molar-refractivity contribution in [2.24, 2.45) is 5.92 Å². The first-order valence-electron chi connectivity index (χ1n) is 11.2. The number of anilines is 2. The molecule has 4 aromatic rings. The molecule has 0 radical (unpaired) electrons. The lowest BCUT2D eigenvalue weighted by Gasteiger charge is -2.08. The molecule has 2 amide bonds. The molecule has 2 unspecified atom stereocenters. The Morgan fingerprint density at radius 2 is 1.74 bits per heavy atom. The Hall–Kier alpha value is -4.13. The molecule has 3 aromatic carbocycles. The molecular weight excluding hydrogens is 435 g/mol. The Labute approximate surface area is 195 Å². The van der Waals surface area contributed by atoms with E-state index in [0.29, 0.717) is 29.0 Å². The summed E-state index contributed by atoms with van der Waals surface area (Å²) in [5, 5.41) is 6.25. The zero-order valence-electron chi connectivity index (χ0n) is 18.5. The van der Waals surface area contributed by atoms with Crippen molar-refractivity contribution in [2.45, 2.75) is 19.3 Å². The van der Waals surface area contributed by atoms with Gasteiger partial charge in [0.2, 0.25) is 11.7 Å². The van der Waals surface area contributed by atoms with Crippen LogP contribution >= 0.6 is 0 Å². The lowest BCUT2D eigenvalue weighted by atomic mass is 10.1. The number of rotatable bonds is 7. The van der Waals surface area contributed by atoms with Crippen molar-refractivity contribution in [3.8, 4) is 5.75 Å². The molecule has 2 atom stereocenters. The minimum Gasteiger partial charge on any atom is -0.494 e. The number of ether oxygens (including phenoxy) is 1. The van der Waals surface area contributed by atoms with E-state index in [1.807, 2.05) is 37.3 Å². The number of hydrogen-bond donors (Lipinski definition) is 2. The summed E-state index contributed by atoms with van der Waals surface area (Å²) in [5.74, 6) is -0.379. The quantitative estimate of drug-likeness (QED) is 0.358. The van der Waals surface area contributed by atoms with Crippen LogP contribution in [0.25, 0.3) is 11.0 Å². The topological polar surface area (TPSA) is 80.6 Å². The Balaban J connectivity index is 1.35. The van der Waals surface area contributed by atoms with Gasteiger partial charge in [0.15, 0.2) is 0 Å². The van der Waals surface area contributed by atoms with E-state index in [9.17, 15) is 14.0 Å². The van der Waals surface area contributed by atoms with Crippen molar-refractivity contribution >= 4 is 34.2 Å². The third kappa shape index (κ3) is 4.37. The minimum atomic E-state index is -0.531. The predicted molar refractivity (Wildman–Crippen MR) is 128 cm³/mol. The van der Waals surface area contributed by atoms with Gasteiger partial charge in [-0.3, -0.25) is 9.59 Å². The molecule has 0 bridgehead atoms. The van der Waals surface area contributed by atoms with Crippen LogP contribution in [0.15, 0.2) is 77.2 Å². The average Bonchev–Trinajstić information content (AvgIpc) is 3.57. The molecule has 0 saturated heterocycles. The van der Waals surface area contributed by atoms with Gasteiger partial charge in [0.1, 0.15) is 22.8 Å². The number of carbonyl (C=O) groups excluding carboxylic acids is 2. The maximum atomic E-state index is 13.2. The summed E-state index contributed by atoms with van der Waals surface area (Å²) < 4.78 is 24.5. The van der Waals surface area contributed by atoms with Crippen LogP contribution in [0.4, 0.5) is 15.8 Å². The summed E-state index contributed by atoms with van der Waals surface area (Å²) in [6.45, 7) is 2.53. The number of amides is 2. The number of carbonyl (C=O) groups is 2. The number of halogens is 1. The number of hydrogen-bond acceptors (Lipinski definition) is 4. The van der Waals surface area contributed by atoms with E-state index < -0.39 is 11.7 Å². The molecule has 1 heterocycles. The second-order valence-corrected chi connectivity index (χ2v) is 8.20. The molecule has 172 valence electrons. The zero-order chi connectivity index (χ0) is 23.7. The maximum Gasteiger partial charge on any atom is 0.293 e. The smallest absolute Gasteiger partial charge is 0.293 e. The van der Waals surface area contributed by atoms with E-state index in [1.54, 1.807) is 18.2 Å². The van der Waals surface area contributed by atoms with Crippen molar-refractivity contribution in [2.75, 3.05) is 17.2 Å². The zero-order valence-corrected chi connectivity index (χ0v) is 18.5. The average molecular weight is 458 g/mol. The van der Waals surface area contributed by atoms with Crippen LogP contribution < -0.4 is 15.4 Å². The van der Waals surface area contributed by atoms with Crippen molar-refractivity contribution in [3.05, 3.63) is 89.9 Å². The second-order valence-electron chi connectivity index (χ2n) is 8.20. The number of fused-ring (bicyclic) bond motifs is 1. The van der Waals surface area contributed by atoms with Gasteiger partial charge in [-0.1, -0.05) is 24.3 Å². The molecule has 5 rings (SSSR count). The van der Waals surface area contributed by atoms with Gasteiger partial charge in [-0.2, -0.15) is 0 Å². The van der Waals surface area contributed by atoms with Crippen LogP contribution in [-0.4, -0.2) is 18.4 Å². The molecule has 1 aliphatic carbocycles. The van der Waals surface area contributed by atoms with Crippen molar-refractivity contribution in [1.29, 1.82) is 0 Å². The molecule has 34 heavy (non-hydrogen) atoms. The normalized spacial score (nSPS) is 16.8. The van der Waals surface area contributed by atoms with Gasteiger partial charge in [-0.05, 0) is 73.4 Å². The van der Waals surface area contributed by atoms with E-state index in [0.717, 1.165) is 17.7 Å². The number of furan rings is 1. The van der Waals surface area contributed by atoms with Crippen molar-refractivity contribution in [3.63, 3.8) is 0 Å². The van der Waals surface area contributed by atoms with Crippen molar-refractivity contribution < 1.29 is 23.1 Å². The summed E-state index contributed by atoms with van der Waals surface area (Å²) in [6.07, 6.45) is 0.729. The fraction of sp³-hybridized carbons (Fsp3) is 0.185. The summed E-state index contributed by atoms with van der Waals surface area (Å²) >= 11 is 0. The predicted octanol–water partition coefficient (Wildman–Crippen LogP) is 5.97. The monoisotopic (exact) mass is 458 g/mol. The number of nitrogens with one attached hydrogen (secondary N) is 2. The van der Waals surface area contributed by atoms with E-state index in [4.69, 9.17) is 9.15 Å². The molecule has 0 aliphatic heterocycles. The van der Waals surface area contributed by atoms with Crippen LogP contribution in [0.3, 0.4) is 0 Å². The van der Waals surface area contributed by atoms with E-state index in [1.165, 1.54) is 24.3 Å². The first kappa shape index (κ1) is 21.7. The van der Waals surface area contributed by atoms with Gasteiger partial charge < -0.3 is 19.8 Å². The third-order valence-electron chi connectivity index (χ3n) is 5.90. The molecule has 7 heteroatoms. The molecule has 1 aliphatic rings. The molecular formula is C27H23FN2O4. The fourth-order valence-electron chi connectivity index (χ4n) is 4.10. The molecule has 1 aromatic heterocycles. The lowest BCUT2D eigenvalue weighted by Crippen LogP contribution is -2.18. The summed E-state index contributed by atoms with van der Waals surface area (Å²) in [6, 6.07) is 20.4. The second kappa shape index (κ2) is 9.02. The highest BCUT2D eigenvalue weighted by Gasteiger charge is 2.44. The van der Waals surface area contributed by atoms with Crippen LogP contribution in [-0.2, 0) is 4.79 Å². The van der Waals surface area contributed by atoms with Gasteiger partial charge >= 0.3 is 0 Å². The summed E-state index contributed by atoms with van der Waals surface area (Å²) in [7, 11) is 0. The minimum absolute atomic E-state index is 0.00265. The van der Waals surface area contributed by atoms with E-state index >= 15 is 0 Å². The molecule has 6 nitrogen and oxygen atoms in total. The van der Waals surface area contributed by atoms with Crippen LogP contribution in [0.5, 0.6) is 5.75 Å². The van der Waals surface area contributed by atoms with Crippen molar-refractivity contribution in [1.82, 2.24) is 0 Å². The Kier molecular flexibility index (Phi) is 5.76. The summed E-state index contributed by atoms with van der Waals surface area (Å²) in [5.41, 5.74) is 2.32. The SMILES string of the molecule is CCOc1ccc(C2CC2C(=O)Nc2c(C(=O)Nc3ccc(F)cc3)oc3ccccc23)cc1. The molecule has 0 spiro atoms. The third-order valence-corrected chi connectivity index (χ3v) is 5.90. The first-order chi connectivity index (χ1) is 16.5. The van der Waals surface area contributed by atoms with Crippen LogP contribution in [0.1, 0.15) is 35.4 Å². The highest BCUT2D eigenvalue weighted by atomic mass is 19.1. The Morgan fingerprint density at radius 1 is 1.00 bits per heavy atom. The van der Waals surface area contributed by atoms with Gasteiger partial charge in [0.05, 0.1) is 6.61 Å². The summed E-state index contributed by atoms with van der Waals surface area (Å²) in [4.78, 5) is 26.1. The van der Waals surface area contributed by atoms with Crippen LogP contribution in [0.2, 0.25) is 0 Å². The highest BCUT2D eigenvalue weighted by molar-refractivity contribution is 6.15. The molecule has 2 N–H and O–H groups in total. The van der Waals surface area contributed by atoms with E-state index in [2.05, 4.69) is 10.6 Å². The maximum absolute atomic E-state index is 13.2. The first-order valence-corrected chi connectivity index (χ1v) is 11.2. The largest absolute Gasteiger partial charge is 0.494 e. The van der Waals surface area contributed by atoms with Crippen LogP contribution in [0, 0.1) is 11.7 Å². The highest BCUT2D eigenvalue weighted by Crippen LogP contribution is 2.48. The fourth-order valence-corrected chi connectivity index (χ4v) is 4.10. The standard InChI is InChI=1S/C27H23FN2O4/c1-2-33-19-13-7-16(8-14-19)21-15-22(21)26(31)30-24-20-5-3-4-6-23(20)34-25(24)27(32)29-18-11-9-17(28)10-12-18/h3-14,21-22H,2,15H2,1H3,(H,29,32)(H,30,31). The number of para-hydroxylation sites is 1. The Bertz CT molecular complexity index is 1350. The van der Waals surface area contributed by atoms with Gasteiger partial charge in [0.25, 0.3) is 5.91 Å². The molecule has 1 fully saturated rings. The number of benzene rings is 3. The van der Waals surface area contributed by atoms with E-state index in [-0.39, 0.29) is 23.5 Å². The lowest BCUT2D eigenvalue weighted by molar-refractivity contribution is -0.117. The van der Waals surface area contributed by atoms with Gasteiger partial charge in [-0.15, -0.1) is 0 Å². The van der Waals surface area contributed by atoms with Gasteiger partial charge in [-0.25, -0.2) is 4.39 Å². The van der Waals surface area contributed by atoms with Gasteiger partial charge in [0, 0.05) is 17.0 Å². The molecule has 1 saturated carbocycles. The Morgan fingerprint density at radius 3 is 2.47 bits per heavy atom.